The quantitative estimate of drug-likeness (QED) is 0.775. The van der Waals surface area contributed by atoms with E-state index in [9.17, 15) is 14.7 Å². The maximum Gasteiger partial charge on any atom is 0.261 e. The molecule has 0 fully saturated rings. The number of nitrogens with one attached hydrogen (secondary N) is 1. The molecule has 116 valence electrons. The summed E-state index contributed by atoms with van der Waals surface area (Å²) in [6.45, 7) is 1.74. The third-order valence-corrected chi connectivity index (χ3v) is 3.50. The average molecular weight is 309 g/mol. The summed E-state index contributed by atoms with van der Waals surface area (Å²) >= 11 is 0. The molecule has 3 aromatic rings. The minimum absolute atomic E-state index is 0.0582. The van der Waals surface area contributed by atoms with Gasteiger partial charge in [-0.3, -0.25) is 14.2 Å². The largest absolute Gasteiger partial charge is 0.508 e. The van der Waals surface area contributed by atoms with Crippen LogP contribution in [0.25, 0.3) is 10.9 Å². The molecule has 0 bridgehead atoms. The number of aromatic hydroxyl groups is 1. The first-order chi connectivity index (χ1) is 11.0. The number of aryl methyl sites for hydroxylation is 1. The molecule has 23 heavy (non-hydrogen) atoms. The number of phenols is 1. The molecule has 0 aliphatic heterocycles. The van der Waals surface area contributed by atoms with Gasteiger partial charge in [0.25, 0.3) is 5.56 Å². The van der Waals surface area contributed by atoms with Crippen LogP contribution in [-0.2, 0) is 11.3 Å². The zero-order valence-electron chi connectivity index (χ0n) is 12.5. The second-order valence-electron chi connectivity index (χ2n) is 5.25. The number of anilines is 1. The van der Waals surface area contributed by atoms with Crippen molar-refractivity contribution >= 4 is 22.5 Å². The molecule has 0 atom stereocenters. The van der Waals surface area contributed by atoms with Crippen LogP contribution in [0.3, 0.4) is 0 Å². The standard InChI is InChI=1S/C17H15N3O3/c1-11-4-2-7-14-16(11)18-10-20(17(14)23)9-15(22)19-12-5-3-6-13(21)8-12/h2-8,10,21H,9H2,1H3,(H,19,22). The van der Waals surface area contributed by atoms with Crippen LogP contribution in [0.2, 0.25) is 0 Å². The Morgan fingerprint density at radius 1 is 1.26 bits per heavy atom. The first-order valence-corrected chi connectivity index (χ1v) is 7.08. The minimum Gasteiger partial charge on any atom is -0.508 e. The van der Waals surface area contributed by atoms with Crippen molar-refractivity contribution in [3.8, 4) is 5.75 Å². The third-order valence-electron chi connectivity index (χ3n) is 3.50. The molecule has 6 heteroatoms. The van der Waals surface area contributed by atoms with E-state index in [2.05, 4.69) is 10.3 Å². The van der Waals surface area contributed by atoms with Gasteiger partial charge in [0.15, 0.2) is 0 Å². The number of benzene rings is 2. The topological polar surface area (TPSA) is 84.2 Å². The molecule has 0 radical (unpaired) electrons. The lowest BCUT2D eigenvalue weighted by atomic mass is 10.1. The van der Waals surface area contributed by atoms with E-state index in [0.717, 1.165) is 5.56 Å². The van der Waals surface area contributed by atoms with Gasteiger partial charge in [-0.1, -0.05) is 18.2 Å². The number of carbonyl (C=O) groups excluding carboxylic acids is 1. The van der Waals surface area contributed by atoms with Crippen molar-refractivity contribution in [1.82, 2.24) is 9.55 Å². The third kappa shape index (κ3) is 3.06. The summed E-state index contributed by atoms with van der Waals surface area (Å²) in [6.07, 6.45) is 1.37. The monoisotopic (exact) mass is 309 g/mol. The van der Waals surface area contributed by atoms with E-state index < -0.39 is 0 Å². The summed E-state index contributed by atoms with van der Waals surface area (Å²) in [5.41, 5.74) is 1.76. The molecule has 6 nitrogen and oxygen atoms in total. The number of para-hydroxylation sites is 1. The van der Waals surface area contributed by atoms with Gasteiger partial charge in [-0.15, -0.1) is 0 Å². The van der Waals surface area contributed by atoms with Gasteiger partial charge < -0.3 is 10.4 Å². The van der Waals surface area contributed by atoms with E-state index in [1.807, 2.05) is 13.0 Å². The fourth-order valence-electron chi connectivity index (χ4n) is 2.39. The molecule has 0 spiro atoms. The van der Waals surface area contributed by atoms with Gasteiger partial charge in [0.1, 0.15) is 12.3 Å². The highest BCUT2D eigenvalue weighted by atomic mass is 16.3. The van der Waals surface area contributed by atoms with E-state index >= 15 is 0 Å². The van der Waals surface area contributed by atoms with Crippen LogP contribution < -0.4 is 10.9 Å². The number of hydrogen-bond donors (Lipinski definition) is 2. The smallest absolute Gasteiger partial charge is 0.261 e. The maximum atomic E-state index is 12.4. The SMILES string of the molecule is Cc1cccc2c(=O)n(CC(=O)Nc3cccc(O)c3)cnc12. The molecule has 1 amide bonds. The van der Waals surface area contributed by atoms with Crippen LogP contribution in [0.15, 0.2) is 53.6 Å². The van der Waals surface area contributed by atoms with Crippen molar-refractivity contribution in [3.05, 3.63) is 64.7 Å². The number of nitrogens with zero attached hydrogens (tertiary/aromatic N) is 2. The van der Waals surface area contributed by atoms with Crippen molar-refractivity contribution in [2.45, 2.75) is 13.5 Å². The Hall–Kier alpha value is -3.15. The van der Waals surface area contributed by atoms with E-state index in [1.165, 1.54) is 23.0 Å². The van der Waals surface area contributed by atoms with Crippen LogP contribution in [0.4, 0.5) is 5.69 Å². The molecule has 1 heterocycles. The molecule has 2 aromatic carbocycles. The Morgan fingerprint density at radius 3 is 2.83 bits per heavy atom. The number of hydrogen-bond acceptors (Lipinski definition) is 4. The molecular weight excluding hydrogens is 294 g/mol. The Bertz CT molecular complexity index is 947. The summed E-state index contributed by atoms with van der Waals surface area (Å²) in [5.74, 6) is -0.311. The predicted octanol–water partition coefficient (Wildman–Crippen LogP) is 2.05. The van der Waals surface area contributed by atoms with Gasteiger partial charge in [-0.25, -0.2) is 4.98 Å². The first kappa shape index (κ1) is 14.8. The van der Waals surface area contributed by atoms with Crippen molar-refractivity contribution in [1.29, 1.82) is 0 Å². The van der Waals surface area contributed by atoms with Crippen LogP contribution in [0.5, 0.6) is 5.75 Å². The highest BCUT2D eigenvalue weighted by Crippen LogP contribution is 2.15. The van der Waals surface area contributed by atoms with Gasteiger partial charge >= 0.3 is 0 Å². The predicted molar refractivity (Wildman–Crippen MR) is 87.5 cm³/mol. The van der Waals surface area contributed by atoms with Crippen molar-refractivity contribution in [2.24, 2.45) is 0 Å². The van der Waals surface area contributed by atoms with Crippen molar-refractivity contribution in [2.75, 3.05) is 5.32 Å². The maximum absolute atomic E-state index is 12.4. The number of rotatable bonds is 3. The molecule has 1 aromatic heterocycles. The van der Waals surface area contributed by atoms with Gasteiger partial charge in [0.05, 0.1) is 17.2 Å². The summed E-state index contributed by atoms with van der Waals surface area (Å²) in [7, 11) is 0. The minimum atomic E-state index is -0.369. The van der Waals surface area contributed by atoms with Crippen molar-refractivity contribution < 1.29 is 9.90 Å². The van der Waals surface area contributed by atoms with Crippen LogP contribution in [0.1, 0.15) is 5.56 Å². The fourth-order valence-corrected chi connectivity index (χ4v) is 2.39. The summed E-state index contributed by atoms with van der Waals surface area (Å²) in [6, 6.07) is 11.6. The van der Waals surface area contributed by atoms with E-state index in [0.29, 0.717) is 16.6 Å². The van der Waals surface area contributed by atoms with Crippen molar-refractivity contribution in [3.63, 3.8) is 0 Å². The van der Waals surface area contributed by atoms with E-state index in [4.69, 9.17) is 0 Å². The van der Waals surface area contributed by atoms with E-state index in [1.54, 1.807) is 24.3 Å². The summed E-state index contributed by atoms with van der Waals surface area (Å²) in [5, 5.41) is 12.5. The van der Waals surface area contributed by atoms with Gasteiger partial charge in [0.2, 0.25) is 5.91 Å². The molecule has 3 rings (SSSR count). The molecular formula is C17H15N3O3. The summed E-state index contributed by atoms with van der Waals surface area (Å²) < 4.78 is 1.26. The van der Waals surface area contributed by atoms with Gasteiger partial charge in [-0.2, -0.15) is 0 Å². The van der Waals surface area contributed by atoms with Crippen LogP contribution >= 0.6 is 0 Å². The molecule has 0 unspecified atom stereocenters. The zero-order valence-corrected chi connectivity index (χ0v) is 12.5. The Labute approximate surface area is 132 Å². The van der Waals surface area contributed by atoms with Gasteiger partial charge in [-0.05, 0) is 30.7 Å². The number of carbonyl (C=O) groups is 1. The number of aromatic nitrogens is 2. The Morgan fingerprint density at radius 2 is 2.04 bits per heavy atom. The summed E-state index contributed by atoms with van der Waals surface area (Å²) in [4.78, 5) is 28.8. The number of fused-ring (bicyclic) bond motifs is 1. The zero-order chi connectivity index (χ0) is 16.4. The normalized spacial score (nSPS) is 10.7. The molecule has 0 saturated carbocycles. The fraction of sp³-hybridized carbons (Fsp3) is 0.118. The Balaban J connectivity index is 1.85. The Kier molecular flexibility index (Phi) is 3.80. The lowest BCUT2D eigenvalue weighted by Crippen LogP contribution is -2.28. The van der Waals surface area contributed by atoms with E-state index in [-0.39, 0.29) is 23.8 Å². The van der Waals surface area contributed by atoms with Gasteiger partial charge in [0, 0.05) is 11.8 Å². The molecule has 2 N–H and O–H groups in total. The second kappa shape index (κ2) is 5.92. The molecule has 0 aliphatic carbocycles. The lowest BCUT2D eigenvalue weighted by molar-refractivity contribution is -0.116. The van der Waals surface area contributed by atoms with Crippen LogP contribution in [-0.4, -0.2) is 20.6 Å². The average Bonchev–Trinajstić information content (AvgIpc) is 2.51. The highest BCUT2D eigenvalue weighted by molar-refractivity contribution is 5.91. The molecule has 0 aliphatic rings. The molecule has 0 saturated heterocycles. The van der Waals surface area contributed by atoms with Crippen LogP contribution in [0, 0.1) is 6.92 Å². The highest BCUT2D eigenvalue weighted by Gasteiger charge is 2.09. The first-order valence-electron chi connectivity index (χ1n) is 7.08. The number of amides is 1. The second-order valence-corrected chi connectivity index (χ2v) is 5.25. The number of phenolic OH excluding ortho intramolecular Hbond substituents is 1. The lowest BCUT2D eigenvalue weighted by Gasteiger charge is -2.09.